The van der Waals surface area contributed by atoms with Gasteiger partial charge < -0.3 is 4.74 Å². The van der Waals surface area contributed by atoms with Gasteiger partial charge in [-0.15, -0.1) is 0 Å². The van der Waals surface area contributed by atoms with E-state index in [4.69, 9.17) is 4.74 Å². The largest absolute Gasteiger partial charge is 0.497 e. The average Bonchev–Trinajstić information content (AvgIpc) is 2.10. The lowest BCUT2D eigenvalue weighted by atomic mass is 10.2. The number of unbranched alkanes of at least 4 members (excludes halogenated alkanes) is 2. The summed E-state index contributed by atoms with van der Waals surface area (Å²) >= 11 is 0. The third-order valence-electron chi connectivity index (χ3n) is 1.52. The fraction of sp³-hybridized carbons (Fsp3) is 0.455. The highest BCUT2D eigenvalue weighted by Gasteiger charge is 1.85. The van der Waals surface area contributed by atoms with Crippen molar-refractivity contribution in [2.75, 3.05) is 7.11 Å². The van der Waals surface area contributed by atoms with Crippen LogP contribution in [0.15, 0.2) is 36.6 Å². The summed E-state index contributed by atoms with van der Waals surface area (Å²) in [5.74, 6) is 0.862. The first-order valence-corrected chi connectivity index (χ1v) is 4.38. The Kier molecular flexibility index (Phi) is 7.46. The molecule has 0 aliphatic carbocycles. The Bertz CT molecular complexity index is 166. The Balaban J connectivity index is 3.76. The predicted octanol–water partition coefficient (Wildman–Crippen LogP) is 3.45. The van der Waals surface area contributed by atoms with Gasteiger partial charge in [-0.2, -0.15) is 0 Å². The van der Waals surface area contributed by atoms with Gasteiger partial charge in [0.25, 0.3) is 0 Å². The summed E-state index contributed by atoms with van der Waals surface area (Å²) in [4.78, 5) is 0. The molecule has 0 aromatic rings. The molecule has 0 rings (SSSR count). The molecule has 0 unspecified atom stereocenters. The van der Waals surface area contributed by atoms with Crippen LogP contribution in [0, 0.1) is 0 Å². The van der Waals surface area contributed by atoms with Crippen LogP contribution < -0.4 is 0 Å². The van der Waals surface area contributed by atoms with E-state index in [1.54, 1.807) is 13.2 Å². The average molecular weight is 166 g/mol. The van der Waals surface area contributed by atoms with E-state index in [0.29, 0.717) is 0 Å². The van der Waals surface area contributed by atoms with Gasteiger partial charge >= 0.3 is 0 Å². The zero-order valence-electron chi connectivity index (χ0n) is 8.05. The fourth-order valence-electron chi connectivity index (χ4n) is 0.829. The maximum absolute atomic E-state index is 5.07. The highest BCUT2D eigenvalue weighted by Crippen LogP contribution is 2.01. The summed E-state index contributed by atoms with van der Waals surface area (Å²) in [5.41, 5.74) is 0. The first-order chi connectivity index (χ1) is 5.85. The molecule has 0 saturated carbocycles. The van der Waals surface area contributed by atoms with E-state index in [1.807, 2.05) is 12.2 Å². The van der Waals surface area contributed by atoms with E-state index in [1.165, 1.54) is 12.8 Å². The number of rotatable bonds is 6. The van der Waals surface area contributed by atoms with Crippen LogP contribution in [0.5, 0.6) is 0 Å². The summed E-state index contributed by atoms with van der Waals surface area (Å²) in [6, 6.07) is 0. The van der Waals surface area contributed by atoms with Gasteiger partial charge in [0.2, 0.25) is 0 Å². The second kappa shape index (κ2) is 8.12. The minimum absolute atomic E-state index is 0.862. The zero-order chi connectivity index (χ0) is 9.23. The van der Waals surface area contributed by atoms with E-state index in [-0.39, 0.29) is 0 Å². The zero-order valence-corrected chi connectivity index (χ0v) is 8.05. The maximum atomic E-state index is 5.07. The molecule has 0 radical (unpaired) electrons. The third kappa shape index (κ3) is 5.78. The van der Waals surface area contributed by atoms with Crippen molar-refractivity contribution in [3.63, 3.8) is 0 Å². The number of allylic oxidation sites excluding steroid dienone is 4. The summed E-state index contributed by atoms with van der Waals surface area (Å²) in [6.45, 7) is 5.79. The van der Waals surface area contributed by atoms with Crippen LogP contribution in [0.25, 0.3) is 0 Å². The van der Waals surface area contributed by atoms with Gasteiger partial charge in [0.1, 0.15) is 5.76 Å². The van der Waals surface area contributed by atoms with Crippen LogP contribution in [0.3, 0.4) is 0 Å². The topological polar surface area (TPSA) is 9.23 Å². The van der Waals surface area contributed by atoms with Crippen LogP contribution in [-0.2, 0) is 4.74 Å². The summed E-state index contributed by atoms with van der Waals surface area (Å²) in [7, 11) is 1.67. The number of hydrogen-bond donors (Lipinski definition) is 0. The van der Waals surface area contributed by atoms with Gasteiger partial charge in [0.15, 0.2) is 0 Å². The van der Waals surface area contributed by atoms with Crippen LogP contribution >= 0.6 is 0 Å². The predicted molar refractivity (Wildman–Crippen MR) is 54.0 cm³/mol. The second-order valence-electron chi connectivity index (χ2n) is 2.55. The molecule has 0 aromatic heterocycles. The molecule has 12 heavy (non-hydrogen) atoms. The summed E-state index contributed by atoms with van der Waals surface area (Å²) in [6.07, 6.45) is 11.3. The molecule has 1 heteroatoms. The monoisotopic (exact) mass is 166 g/mol. The third-order valence-corrected chi connectivity index (χ3v) is 1.52. The van der Waals surface area contributed by atoms with Crippen molar-refractivity contribution < 1.29 is 4.74 Å². The molecule has 0 fully saturated rings. The number of hydrogen-bond acceptors (Lipinski definition) is 1. The molecule has 0 aliphatic heterocycles. The minimum atomic E-state index is 0.862. The Hall–Kier alpha value is -0.980. The molecule has 0 saturated heterocycles. The van der Waals surface area contributed by atoms with Crippen molar-refractivity contribution >= 4 is 0 Å². The summed E-state index contributed by atoms with van der Waals surface area (Å²) < 4.78 is 5.07. The van der Waals surface area contributed by atoms with Crippen LogP contribution in [0.1, 0.15) is 26.2 Å². The van der Waals surface area contributed by atoms with Crippen molar-refractivity contribution in [2.45, 2.75) is 26.2 Å². The lowest BCUT2D eigenvalue weighted by Gasteiger charge is -1.97. The fourth-order valence-corrected chi connectivity index (χ4v) is 0.829. The Morgan fingerprint density at radius 3 is 2.75 bits per heavy atom. The SMILES string of the molecule is C=C/C=C(\C=C/CCCC)OC. The highest BCUT2D eigenvalue weighted by atomic mass is 16.5. The minimum Gasteiger partial charge on any atom is -0.497 e. The molecule has 68 valence electrons. The molecular weight excluding hydrogens is 148 g/mol. The van der Waals surface area contributed by atoms with E-state index < -0.39 is 0 Å². The Morgan fingerprint density at radius 1 is 1.50 bits per heavy atom. The second-order valence-corrected chi connectivity index (χ2v) is 2.55. The summed E-state index contributed by atoms with van der Waals surface area (Å²) in [5, 5.41) is 0. The van der Waals surface area contributed by atoms with Gasteiger partial charge in [-0.25, -0.2) is 0 Å². The normalized spacial score (nSPS) is 12.0. The van der Waals surface area contributed by atoms with E-state index in [9.17, 15) is 0 Å². The molecule has 0 spiro atoms. The van der Waals surface area contributed by atoms with Crippen LogP contribution in [-0.4, -0.2) is 7.11 Å². The van der Waals surface area contributed by atoms with Gasteiger partial charge in [-0.1, -0.05) is 38.5 Å². The number of methoxy groups -OCH3 is 1. The van der Waals surface area contributed by atoms with Crippen molar-refractivity contribution in [3.8, 4) is 0 Å². The molecular formula is C11H18O. The first kappa shape index (κ1) is 11.0. The van der Waals surface area contributed by atoms with Gasteiger partial charge in [0.05, 0.1) is 7.11 Å². The lowest BCUT2D eigenvalue weighted by molar-refractivity contribution is 0.307. The molecule has 0 atom stereocenters. The van der Waals surface area contributed by atoms with Crippen LogP contribution in [0.2, 0.25) is 0 Å². The van der Waals surface area contributed by atoms with Crippen LogP contribution in [0.4, 0.5) is 0 Å². The Labute approximate surface area is 75.4 Å². The van der Waals surface area contributed by atoms with E-state index >= 15 is 0 Å². The van der Waals surface area contributed by atoms with Gasteiger partial charge in [0, 0.05) is 0 Å². The van der Waals surface area contributed by atoms with Crippen molar-refractivity contribution in [1.82, 2.24) is 0 Å². The van der Waals surface area contributed by atoms with Crippen molar-refractivity contribution in [3.05, 3.63) is 36.6 Å². The molecule has 0 aromatic carbocycles. The molecule has 0 amide bonds. The van der Waals surface area contributed by atoms with Crippen molar-refractivity contribution in [2.24, 2.45) is 0 Å². The van der Waals surface area contributed by atoms with Gasteiger partial charge in [-0.05, 0) is 18.6 Å². The molecule has 0 bridgehead atoms. The molecule has 0 N–H and O–H groups in total. The highest BCUT2D eigenvalue weighted by molar-refractivity contribution is 5.16. The number of ether oxygens (including phenoxy) is 1. The van der Waals surface area contributed by atoms with E-state index in [2.05, 4.69) is 19.6 Å². The molecule has 0 heterocycles. The standard InChI is InChI=1S/C11H18O/c1-4-6-7-8-10-11(12-3)9-5-2/h5,8-10H,2,4,6-7H2,1,3H3/b10-8-,11-9+. The smallest absolute Gasteiger partial charge is 0.118 e. The van der Waals surface area contributed by atoms with E-state index in [0.717, 1.165) is 12.2 Å². The lowest BCUT2D eigenvalue weighted by Crippen LogP contribution is -1.79. The molecule has 0 aliphatic rings. The van der Waals surface area contributed by atoms with Gasteiger partial charge in [-0.3, -0.25) is 0 Å². The first-order valence-electron chi connectivity index (χ1n) is 4.38. The quantitative estimate of drug-likeness (QED) is 0.333. The Morgan fingerprint density at radius 2 is 2.25 bits per heavy atom. The maximum Gasteiger partial charge on any atom is 0.118 e. The molecule has 1 nitrogen and oxygen atoms in total. The van der Waals surface area contributed by atoms with Crippen molar-refractivity contribution in [1.29, 1.82) is 0 Å².